The Hall–Kier alpha value is -3.85. The highest BCUT2D eigenvalue weighted by atomic mass is 16.5. The molecule has 0 aliphatic rings. The molecule has 0 saturated heterocycles. The Morgan fingerprint density at radius 2 is 1.62 bits per heavy atom. The van der Waals surface area contributed by atoms with Crippen LogP contribution in [0.25, 0.3) is 5.52 Å². The van der Waals surface area contributed by atoms with E-state index in [9.17, 15) is 14.4 Å². The highest BCUT2D eigenvalue weighted by Gasteiger charge is 2.27. The highest BCUT2D eigenvalue weighted by molar-refractivity contribution is 6.11. The van der Waals surface area contributed by atoms with Gasteiger partial charge in [-0.25, -0.2) is 0 Å². The Balaban J connectivity index is 1.94. The maximum absolute atomic E-state index is 13.8. The third kappa shape index (κ3) is 7.70. The van der Waals surface area contributed by atoms with Gasteiger partial charge in [0.15, 0.2) is 0 Å². The number of unbranched alkanes of at least 4 members (excludes halogenated alkanes) is 2. The number of rotatable bonds is 17. The van der Waals surface area contributed by atoms with Crippen LogP contribution in [0.4, 0.5) is 5.69 Å². The molecule has 0 bridgehead atoms. The Morgan fingerprint density at radius 1 is 0.905 bits per heavy atom. The predicted octanol–water partition coefficient (Wildman–Crippen LogP) is 5.68. The number of aromatic nitrogens is 1. The Morgan fingerprint density at radius 3 is 2.24 bits per heavy atom. The van der Waals surface area contributed by atoms with Crippen molar-refractivity contribution in [2.45, 2.75) is 59.8 Å². The largest absolute Gasteiger partial charge is 0.495 e. The second-order valence-electron chi connectivity index (χ2n) is 10.3. The van der Waals surface area contributed by atoms with Crippen molar-refractivity contribution in [2.24, 2.45) is 0 Å². The van der Waals surface area contributed by atoms with Crippen molar-refractivity contribution >= 4 is 28.9 Å². The number of anilines is 1. The Bertz CT molecular complexity index is 1360. The first-order valence-corrected chi connectivity index (χ1v) is 14.9. The van der Waals surface area contributed by atoms with E-state index in [0.717, 1.165) is 49.9 Å². The van der Waals surface area contributed by atoms with Crippen LogP contribution in [0.3, 0.4) is 0 Å². The lowest BCUT2D eigenvalue weighted by Gasteiger charge is -2.26. The molecule has 0 unspecified atom stereocenters. The molecule has 1 aromatic carbocycles. The van der Waals surface area contributed by atoms with E-state index in [1.165, 1.54) is 12.0 Å². The maximum Gasteiger partial charge on any atom is 0.326 e. The van der Waals surface area contributed by atoms with Crippen molar-refractivity contribution in [2.75, 3.05) is 51.9 Å². The van der Waals surface area contributed by atoms with E-state index in [4.69, 9.17) is 14.2 Å². The van der Waals surface area contributed by atoms with Crippen molar-refractivity contribution in [1.82, 2.24) is 9.30 Å². The maximum atomic E-state index is 13.8. The third-order valence-electron chi connectivity index (χ3n) is 7.37. The van der Waals surface area contributed by atoms with Crippen LogP contribution in [0.1, 0.15) is 74.5 Å². The molecule has 0 aliphatic heterocycles. The van der Waals surface area contributed by atoms with Gasteiger partial charge in [0.2, 0.25) is 11.7 Å². The Kier molecular flexibility index (Phi) is 12.4. The zero-order valence-corrected chi connectivity index (χ0v) is 25.9. The van der Waals surface area contributed by atoms with Gasteiger partial charge < -0.3 is 23.5 Å². The van der Waals surface area contributed by atoms with E-state index in [-0.39, 0.29) is 31.3 Å². The zero-order valence-electron chi connectivity index (χ0n) is 25.9. The quantitative estimate of drug-likeness (QED) is 0.150. The normalized spacial score (nSPS) is 11.1. The van der Waals surface area contributed by atoms with E-state index in [2.05, 4.69) is 18.7 Å². The molecule has 0 atom stereocenters. The number of carbonyl (C=O) groups is 3. The number of ether oxygens (including phenoxy) is 3. The molecule has 1 amide bonds. The number of nitrogens with zero attached hydrogens (tertiary/aromatic N) is 3. The second-order valence-corrected chi connectivity index (χ2v) is 10.3. The van der Waals surface area contributed by atoms with Crippen molar-refractivity contribution in [3.05, 3.63) is 59.4 Å². The lowest BCUT2D eigenvalue weighted by molar-refractivity contribution is -0.142. The average molecular weight is 580 g/mol. The molecule has 0 aliphatic carbocycles. The first-order chi connectivity index (χ1) is 20.3. The molecule has 0 N–H and O–H groups in total. The predicted molar refractivity (Wildman–Crippen MR) is 165 cm³/mol. The highest BCUT2D eigenvalue weighted by Crippen LogP contribution is 2.34. The molecule has 3 rings (SSSR count). The minimum Gasteiger partial charge on any atom is -0.495 e. The molecule has 0 saturated carbocycles. The van der Waals surface area contributed by atoms with Gasteiger partial charge in [-0.2, -0.15) is 0 Å². The lowest BCUT2D eigenvalue weighted by atomic mass is 10.0. The summed E-state index contributed by atoms with van der Waals surface area (Å²) >= 11 is 0. The third-order valence-corrected chi connectivity index (χ3v) is 7.37. The fourth-order valence-electron chi connectivity index (χ4n) is 5.15. The molecular weight excluding hydrogens is 534 g/mol. The summed E-state index contributed by atoms with van der Waals surface area (Å²) in [5, 5.41) is 0. The number of amides is 1. The number of carbonyl (C=O) groups excluding carboxylic acids is 3. The first-order valence-electron chi connectivity index (χ1n) is 14.9. The number of esters is 1. The number of pyridine rings is 1. The van der Waals surface area contributed by atoms with Crippen LogP contribution < -0.4 is 14.4 Å². The van der Waals surface area contributed by atoms with E-state index >= 15 is 0 Å². The second kappa shape index (κ2) is 16.0. The van der Waals surface area contributed by atoms with Gasteiger partial charge in [0, 0.05) is 30.3 Å². The van der Waals surface area contributed by atoms with Crippen LogP contribution in [0.15, 0.2) is 42.6 Å². The van der Waals surface area contributed by atoms with Crippen LogP contribution in [0.5, 0.6) is 11.5 Å². The molecular formula is C33H45N3O6. The summed E-state index contributed by atoms with van der Waals surface area (Å²) in [6.07, 6.45) is 6.37. The number of fused-ring (bicyclic) bond motifs is 1. The summed E-state index contributed by atoms with van der Waals surface area (Å²) in [7, 11) is 3.07. The van der Waals surface area contributed by atoms with Gasteiger partial charge in [-0.15, -0.1) is 0 Å². The first kappa shape index (κ1) is 32.7. The molecule has 2 heterocycles. The van der Waals surface area contributed by atoms with Crippen molar-refractivity contribution in [3.8, 4) is 11.5 Å². The molecule has 42 heavy (non-hydrogen) atoms. The number of benzene rings is 1. The number of hydrogen-bond acceptors (Lipinski definition) is 7. The van der Waals surface area contributed by atoms with Crippen molar-refractivity contribution < 1.29 is 28.6 Å². The molecule has 3 aromatic rings. The SMILES string of the molecule is CCCCN(CCCC)CCC(=O)N(CC(=O)OCC)c1ccc(C(=O)c2c(C)c(OC)c3ccccn23)cc1OC. The molecule has 0 radical (unpaired) electrons. The number of ketones is 1. The van der Waals surface area contributed by atoms with Crippen LogP contribution in [0.2, 0.25) is 0 Å². The summed E-state index contributed by atoms with van der Waals surface area (Å²) in [6, 6.07) is 10.6. The molecule has 9 nitrogen and oxygen atoms in total. The van der Waals surface area contributed by atoms with Crippen LogP contribution in [0, 0.1) is 6.92 Å². The minimum atomic E-state index is -0.510. The zero-order chi connectivity index (χ0) is 30.6. The standard InChI is InChI=1S/C33H45N3O6/c1-7-10-18-34(19-11-8-2)21-17-29(37)36(23-30(38)42-9-3)26-16-15-25(22-28(26)40-5)32(39)31-24(4)33(41-6)27-14-12-13-20-35(27)31/h12-16,20,22H,7-11,17-19,21,23H2,1-6H3. The van der Waals surface area contributed by atoms with Crippen molar-refractivity contribution in [1.29, 1.82) is 0 Å². The van der Waals surface area contributed by atoms with E-state index in [1.807, 2.05) is 35.7 Å². The van der Waals surface area contributed by atoms with Crippen molar-refractivity contribution in [3.63, 3.8) is 0 Å². The van der Waals surface area contributed by atoms with E-state index in [0.29, 0.717) is 35.0 Å². The summed E-state index contributed by atoms with van der Waals surface area (Å²) in [5.41, 5.74) is 2.80. The molecule has 0 spiro atoms. The topological polar surface area (TPSA) is 89.8 Å². The smallest absolute Gasteiger partial charge is 0.326 e. The van der Waals surface area contributed by atoms with Gasteiger partial charge in [-0.1, -0.05) is 32.8 Å². The summed E-state index contributed by atoms with van der Waals surface area (Å²) in [6.45, 7) is 10.3. The van der Waals surface area contributed by atoms with E-state index in [1.54, 1.807) is 32.2 Å². The minimum absolute atomic E-state index is 0.210. The van der Waals surface area contributed by atoms with Gasteiger partial charge in [-0.3, -0.25) is 19.3 Å². The van der Waals surface area contributed by atoms with Gasteiger partial charge in [-0.05, 0) is 70.1 Å². The summed E-state index contributed by atoms with van der Waals surface area (Å²) < 4.78 is 18.3. The van der Waals surface area contributed by atoms with Gasteiger partial charge in [0.05, 0.1) is 32.0 Å². The Labute approximate surface area is 249 Å². The fourth-order valence-corrected chi connectivity index (χ4v) is 5.15. The van der Waals surface area contributed by atoms with Gasteiger partial charge >= 0.3 is 5.97 Å². The summed E-state index contributed by atoms with van der Waals surface area (Å²) in [5.74, 6) is 0.0203. The van der Waals surface area contributed by atoms with Gasteiger partial charge in [0.25, 0.3) is 0 Å². The van der Waals surface area contributed by atoms with Crippen LogP contribution >= 0.6 is 0 Å². The molecule has 2 aromatic heterocycles. The molecule has 0 fully saturated rings. The summed E-state index contributed by atoms with van der Waals surface area (Å²) in [4.78, 5) is 43.7. The van der Waals surface area contributed by atoms with Crippen LogP contribution in [-0.2, 0) is 14.3 Å². The van der Waals surface area contributed by atoms with Crippen LogP contribution in [-0.4, -0.2) is 74.0 Å². The lowest BCUT2D eigenvalue weighted by Crippen LogP contribution is -2.39. The number of hydrogen-bond donors (Lipinski definition) is 0. The van der Waals surface area contributed by atoms with Gasteiger partial charge in [0.1, 0.15) is 23.7 Å². The number of methoxy groups -OCH3 is 2. The van der Waals surface area contributed by atoms with E-state index < -0.39 is 5.97 Å². The molecule has 228 valence electrons. The monoisotopic (exact) mass is 579 g/mol. The fraction of sp³-hybridized carbons (Fsp3) is 0.485. The average Bonchev–Trinajstić information content (AvgIpc) is 3.29. The molecule has 9 heteroatoms.